The second-order valence-electron chi connectivity index (χ2n) is 6.47. The molecule has 148 valence electrons. The van der Waals surface area contributed by atoms with Gasteiger partial charge in [-0.2, -0.15) is 0 Å². The minimum atomic E-state index is -0.202. The average molecular weight is 364 g/mol. The van der Waals surface area contributed by atoms with Crippen LogP contribution in [0.2, 0.25) is 0 Å². The number of nitrogens with one attached hydrogen (secondary N) is 1. The van der Waals surface area contributed by atoms with Gasteiger partial charge in [0.25, 0.3) is 0 Å². The molecule has 0 heterocycles. The summed E-state index contributed by atoms with van der Waals surface area (Å²) in [7, 11) is 0. The van der Waals surface area contributed by atoms with Gasteiger partial charge in [0.05, 0.1) is 12.7 Å². The minimum absolute atomic E-state index is 0.0463. The first-order chi connectivity index (χ1) is 12.7. The molecule has 1 atom stereocenters. The summed E-state index contributed by atoms with van der Waals surface area (Å²) in [5.74, 6) is -0.202. The Kier molecular flexibility index (Phi) is 18.4. The van der Waals surface area contributed by atoms with Crippen LogP contribution in [0.3, 0.4) is 0 Å². The fourth-order valence-electron chi connectivity index (χ4n) is 2.40. The van der Waals surface area contributed by atoms with Crippen LogP contribution in [0.4, 0.5) is 0 Å². The molecule has 4 nitrogen and oxygen atoms in total. The van der Waals surface area contributed by atoms with Crippen molar-refractivity contribution < 1.29 is 15.0 Å². The van der Waals surface area contributed by atoms with Crippen molar-refractivity contribution in [2.75, 3.05) is 13.2 Å². The molecule has 1 unspecified atom stereocenters. The van der Waals surface area contributed by atoms with E-state index in [1.54, 1.807) is 12.2 Å². The average Bonchev–Trinajstić information content (AvgIpc) is 2.62. The van der Waals surface area contributed by atoms with Gasteiger partial charge < -0.3 is 15.5 Å². The Morgan fingerprint density at radius 2 is 1.46 bits per heavy atom. The summed E-state index contributed by atoms with van der Waals surface area (Å²) in [6.45, 7) is 2.09. The molecule has 0 aliphatic carbocycles. The zero-order valence-corrected chi connectivity index (χ0v) is 16.3. The van der Waals surface area contributed by atoms with E-state index in [2.05, 4.69) is 17.5 Å². The second kappa shape index (κ2) is 19.7. The molecular formula is C22H37NO3. The number of hydrogen-bond donors (Lipinski definition) is 3. The third kappa shape index (κ3) is 20.4. The second-order valence-corrected chi connectivity index (χ2v) is 6.47. The van der Waals surface area contributed by atoms with Crippen molar-refractivity contribution >= 4 is 5.91 Å². The van der Waals surface area contributed by atoms with Crippen LogP contribution in [-0.2, 0) is 4.79 Å². The van der Waals surface area contributed by atoms with Crippen LogP contribution in [0.15, 0.2) is 48.6 Å². The van der Waals surface area contributed by atoms with Gasteiger partial charge in [-0.05, 0) is 26.2 Å². The van der Waals surface area contributed by atoms with E-state index >= 15 is 0 Å². The Labute approximate surface area is 159 Å². The van der Waals surface area contributed by atoms with Crippen molar-refractivity contribution in [3.05, 3.63) is 48.6 Å². The third-order valence-corrected chi connectivity index (χ3v) is 3.84. The highest BCUT2D eigenvalue weighted by Gasteiger charge is 1.95. The molecule has 26 heavy (non-hydrogen) atoms. The predicted octanol–water partition coefficient (Wildman–Crippen LogP) is 4.21. The molecule has 0 aromatic heterocycles. The molecule has 0 rings (SSSR count). The maximum atomic E-state index is 11.2. The van der Waals surface area contributed by atoms with Gasteiger partial charge >= 0.3 is 0 Å². The summed E-state index contributed by atoms with van der Waals surface area (Å²) in [6, 6.07) is 0. The predicted molar refractivity (Wildman–Crippen MR) is 110 cm³/mol. The first-order valence-electron chi connectivity index (χ1n) is 9.90. The zero-order valence-electron chi connectivity index (χ0n) is 16.3. The van der Waals surface area contributed by atoms with E-state index in [0.29, 0.717) is 0 Å². The standard InChI is InChI=1S/C22H37NO3/c1-21(25)17-15-13-11-9-7-5-3-2-4-6-8-10-12-14-16-18-22(26)23-19-20-24/h4,6,8,10,12,14,16,18,21,24-25H,2-3,5,7,9,11,13,15,17,19-20H2,1H3,(H,23,26). The van der Waals surface area contributed by atoms with E-state index in [1.807, 2.05) is 25.2 Å². The lowest BCUT2D eigenvalue weighted by molar-refractivity contribution is -0.116. The van der Waals surface area contributed by atoms with Crippen molar-refractivity contribution in [2.24, 2.45) is 0 Å². The summed E-state index contributed by atoms with van der Waals surface area (Å²) in [6.07, 6.45) is 25.6. The molecule has 0 aromatic rings. The number of unbranched alkanes of at least 4 members (excludes halogenated alkanes) is 7. The van der Waals surface area contributed by atoms with Crippen LogP contribution in [0.25, 0.3) is 0 Å². The number of hydrogen-bond acceptors (Lipinski definition) is 3. The quantitative estimate of drug-likeness (QED) is 0.218. The van der Waals surface area contributed by atoms with Gasteiger partial charge in [-0.15, -0.1) is 0 Å². The molecule has 3 N–H and O–H groups in total. The van der Waals surface area contributed by atoms with Crippen molar-refractivity contribution in [1.82, 2.24) is 5.32 Å². The first-order valence-corrected chi connectivity index (χ1v) is 9.90. The summed E-state index contributed by atoms with van der Waals surface area (Å²) < 4.78 is 0. The van der Waals surface area contributed by atoms with E-state index < -0.39 is 0 Å². The summed E-state index contributed by atoms with van der Waals surface area (Å²) in [4.78, 5) is 11.2. The van der Waals surface area contributed by atoms with E-state index in [4.69, 9.17) is 5.11 Å². The van der Waals surface area contributed by atoms with Crippen molar-refractivity contribution in [2.45, 2.75) is 70.8 Å². The Morgan fingerprint density at radius 1 is 0.885 bits per heavy atom. The van der Waals surface area contributed by atoms with E-state index in [1.165, 1.54) is 44.6 Å². The van der Waals surface area contributed by atoms with Gasteiger partial charge in [0.2, 0.25) is 5.91 Å². The first kappa shape index (κ1) is 24.4. The van der Waals surface area contributed by atoms with Crippen molar-refractivity contribution in [1.29, 1.82) is 0 Å². The molecule has 0 spiro atoms. The van der Waals surface area contributed by atoms with Gasteiger partial charge in [-0.3, -0.25) is 4.79 Å². The van der Waals surface area contributed by atoms with Crippen molar-refractivity contribution in [3.63, 3.8) is 0 Å². The molecule has 0 aliphatic heterocycles. The lowest BCUT2D eigenvalue weighted by Gasteiger charge is -2.03. The van der Waals surface area contributed by atoms with E-state index in [-0.39, 0.29) is 25.2 Å². The number of carbonyl (C=O) groups excluding carboxylic acids is 1. The van der Waals surface area contributed by atoms with Gasteiger partial charge in [0, 0.05) is 12.6 Å². The van der Waals surface area contributed by atoms with Gasteiger partial charge in [-0.1, -0.05) is 81.1 Å². The van der Waals surface area contributed by atoms with Gasteiger partial charge in [0.1, 0.15) is 0 Å². The Hall–Kier alpha value is -1.65. The number of amides is 1. The lowest BCUT2D eigenvalue weighted by Crippen LogP contribution is -2.24. The number of allylic oxidation sites excluding steroid dienone is 7. The molecule has 0 saturated carbocycles. The summed E-state index contributed by atoms with van der Waals surface area (Å²) >= 11 is 0. The third-order valence-electron chi connectivity index (χ3n) is 3.84. The molecule has 0 fully saturated rings. The van der Waals surface area contributed by atoms with Crippen LogP contribution in [0, 0.1) is 0 Å². The minimum Gasteiger partial charge on any atom is -0.395 e. The number of aliphatic hydroxyl groups excluding tert-OH is 2. The van der Waals surface area contributed by atoms with Crippen LogP contribution < -0.4 is 5.32 Å². The molecular weight excluding hydrogens is 326 g/mol. The van der Waals surface area contributed by atoms with Crippen LogP contribution in [0.5, 0.6) is 0 Å². The fraction of sp³-hybridized carbons (Fsp3) is 0.591. The molecule has 0 saturated heterocycles. The zero-order chi connectivity index (χ0) is 19.3. The van der Waals surface area contributed by atoms with Crippen LogP contribution in [-0.4, -0.2) is 35.4 Å². The topological polar surface area (TPSA) is 69.6 Å². The maximum Gasteiger partial charge on any atom is 0.244 e. The van der Waals surface area contributed by atoms with Crippen LogP contribution >= 0.6 is 0 Å². The van der Waals surface area contributed by atoms with E-state index in [0.717, 1.165) is 19.3 Å². The summed E-state index contributed by atoms with van der Waals surface area (Å²) in [5, 5.41) is 20.3. The fourth-order valence-corrected chi connectivity index (χ4v) is 2.40. The molecule has 1 amide bonds. The smallest absolute Gasteiger partial charge is 0.244 e. The normalized spacial score (nSPS) is 13.5. The number of carbonyl (C=O) groups is 1. The maximum absolute atomic E-state index is 11.2. The number of rotatable bonds is 16. The summed E-state index contributed by atoms with van der Waals surface area (Å²) in [5.41, 5.74) is 0. The highest BCUT2D eigenvalue weighted by molar-refractivity contribution is 5.87. The Bertz CT molecular complexity index is 437. The number of aliphatic hydroxyl groups is 2. The molecule has 0 aliphatic rings. The monoisotopic (exact) mass is 363 g/mol. The SMILES string of the molecule is CC(O)CCCCCCCCCC=CC=CC=CC=CC(=O)NCCO. The Balaban J connectivity index is 3.46. The molecule has 4 heteroatoms. The van der Waals surface area contributed by atoms with Gasteiger partial charge in [-0.25, -0.2) is 0 Å². The largest absolute Gasteiger partial charge is 0.395 e. The van der Waals surface area contributed by atoms with Crippen LogP contribution in [0.1, 0.15) is 64.7 Å². The molecule has 0 bridgehead atoms. The Morgan fingerprint density at radius 3 is 2.12 bits per heavy atom. The molecule has 0 aromatic carbocycles. The lowest BCUT2D eigenvalue weighted by atomic mass is 10.1. The highest BCUT2D eigenvalue weighted by Crippen LogP contribution is 2.10. The van der Waals surface area contributed by atoms with Crippen molar-refractivity contribution in [3.8, 4) is 0 Å². The van der Waals surface area contributed by atoms with E-state index in [9.17, 15) is 9.90 Å². The molecule has 0 radical (unpaired) electrons. The van der Waals surface area contributed by atoms with Gasteiger partial charge in [0.15, 0.2) is 0 Å². The highest BCUT2D eigenvalue weighted by atomic mass is 16.3.